The van der Waals surface area contributed by atoms with Crippen LogP contribution in [0, 0.1) is 0 Å². The summed E-state index contributed by atoms with van der Waals surface area (Å²) in [4.78, 5) is 0. The lowest BCUT2D eigenvalue weighted by Gasteiger charge is -2.24. The number of nitrogens with zero attached hydrogens (tertiary/aromatic N) is 4. The third-order valence-corrected chi connectivity index (χ3v) is 5.70. The van der Waals surface area contributed by atoms with Crippen LogP contribution in [0.2, 0.25) is 6.04 Å². The van der Waals surface area contributed by atoms with Gasteiger partial charge in [-0.25, -0.2) is 4.68 Å². The molecule has 0 bridgehead atoms. The number of hydrogen-bond donors (Lipinski definition) is 0. The summed E-state index contributed by atoms with van der Waals surface area (Å²) >= 11 is 0. The Bertz CT molecular complexity index is 335. The van der Waals surface area contributed by atoms with E-state index >= 15 is 0 Å². The second-order valence-electron chi connectivity index (χ2n) is 3.97. The summed E-state index contributed by atoms with van der Waals surface area (Å²) in [5.41, 5.74) is 0. The summed E-state index contributed by atoms with van der Waals surface area (Å²) in [5, 5.41) is 11.7. The zero-order valence-corrected chi connectivity index (χ0v) is 12.5. The second kappa shape index (κ2) is 7.57. The van der Waals surface area contributed by atoms with E-state index in [1.807, 2.05) is 4.68 Å². The van der Waals surface area contributed by atoms with Crippen molar-refractivity contribution >= 4 is 8.80 Å². The molecule has 0 N–H and O–H groups in total. The van der Waals surface area contributed by atoms with Gasteiger partial charge in [0.1, 0.15) is 0 Å². The quantitative estimate of drug-likeness (QED) is 0.623. The Morgan fingerprint density at radius 3 is 2.39 bits per heavy atom. The van der Waals surface area contributed by atoms with E-state index < -0.39 is 8.80 Å². The first kappa shape index (κ1) is 15.2. The molecule has 0 spiro atoms. The Kier molecular flexibility index (Phi) is 6.40. The molecule has 1 heterocycles. The zero-order valence-electron chi connectivity index (χ0n) is 11.5. The van der Waals surface area contributed by atoms with Crippen LogP contribution in [0.1, 0.15) is 25.6 Å². The molecule has 0 aliphatic heterocycles. The van der Waals surface area contributed by atoms with Gasteiger partial charge in [0.25, 0.3) is 0 Å². The fourth-order valence-electron chi connectivity index (χ4n) is 1.80. The monoisotopic (exact) mass is 274 g/mol. The average molecular weight is 274 g/mol. The van der Waals surface area contributed by atoms with Crippen molar-refractivity contribution in [3.63, 3.8) is 0 Å². The number of aromatic nitrogens is 4. The Hall–Kier alpha value is -0.833. The summed E-state index contributed by atoms with van der Waals surface area (Å²) in [7, 11) is 2.40. The minimum Gasteiger partial charge on any atom is -0.377 e. The first-order valence-electron chi connectivity index (χ1n) is 6.11. The van der Waals surface area contributed by atoms with Crippen LogP contribution >= 0.6 is 0 Å². The van der Waals surface area contributed by atoms with Crippen LogP contribution in [0.4, 0.5) is 0 Å². The SMILES string of the molecule is CCCc1nnnn1CCC[Si](OC)(OC)OC. The summed E-state index contributed by atoms with van der Waals surface area (Å²) in [6.45, 7) is 2.87. The summed E-state index contributed by atoms with van der Waals surface area (Å²) in [5.74, 6) is 0.928. The lowest BCUT2D eigenvalue weighted by atomic mass is 10.3. The number of tetrazole rings is 1. The van der Waals surface area contributed by atoms with Crippen LogP contribution in [-0.2, 0) is 26.2 Å². The van der Waals surface area contributed by atoms with E-state index in [-0.39, 0.29) is 0 Å². The van der Waals surface area contributed by atoms with Crippen LogP contribution in [0.5, 0.6) is 0 Å². The summed E-state index contributed by atoms with van der Waals surface area (Å²) in [6.07, 6.45) is 2.80. The van der Waals surface area contributed by atoms with Gasteiger partial charge in [-0.05, 0) is 23.3 Å². The standard InChI is InChI=1S/C10H22N4O3Si/c1-5-7-10-11-12-13-14(10)8-6-9-18(15-2,16-3)17-4/h5-9H2,1-4H3. The Morgan fingerprint density at radius 2 is 1.83 bits per heavy atom. The normalized spacial score (nSPS) is 12.0. The molecule has 0 amide bonds. The number of aryl methyl sites for hydroxylation is 2. The van der Waals surface area contributed by atoms with E-state index in [4.69, 9.17) is 13.3 Å². The van der Waals surface area contributed by atoms with Gasteiger partial charge in [0.2, 0.25) is 0 Å². The Labute approximate surface area is 109 Å². The van der Waals surface area contributed by atoms with Crippen molar-refractivity contribution in [1.82, 2.24) is 20.2 Å². The molecule has 0 aromatic carbocycles. The van der Waals surface area contributed by atoms with Gasteiger partial charge < -0.3 is 13.3 Å². The molecule has 1 rings (SSSR count). The van der Waals surface area contributed by atoms with Crippen LogP contribution in [0.25, 0.3) is 0 Å². The van der Waals surface area contributed by atoms with E-state index in [9.17, 15) is 0 Å². The van der Waals surface area contributed by atoms with Crippen molar-refractivity contribution in [3.8, 4) is 0 Å². The van der Waals surface area contributed by atoms with Crippen molar-refractivity contribution in [2.75, 3.05) is 21.3 Å². The fourth-order valence-corrected chi connectivity index (χ4v) is 3.50. The van der Waals surface area contributed by atoms with Gasteiger partial charge in [0.15, 0.2) is 5.82 Å². The van der Waals surface area contributed by atoms with E-state index in [0.29, 0.717) is 0 Å². The maximum absolute atomic E-state index is 5.37. The van der Waals surface area contributed by atoms with Gasteiger partial charge >= 0.3 is 8.80 Å². The average Bonchev–Trinajstić information content (AvgIpc) is 2.83. The molecule has 0 fully saturated rings. The van der Waals surface area contributed by atoms with Crippen LogP contribution in [0.3, 0.4) is 0 Å². The second-order valence-corrected chi connectivity index (χ2v) is 7.06. The van der Waals surface area contributed by atoms with Gasteiger partial charge in [-0.1, -0.05) is 6.92 Å². The molecule has 0 aliphatic carbocycles. The topological polar surface area (TPSA) is 71.3 Å². The summed E-state index contributed by atoms with van der Waals surface area (Å²) < 4.78 is 17.9. The lowest BCUT2D eigenvalue weighted by molar-refractivity contribution is 0.122. The molecule has 0 atom stereocenters. The van der Waals surface area contributed by atoms with Crippen molar-refractivity contribution in [1.29, 1.82) is 0 Å². The van der Waals surface area contributed by atoms with Crippen molar-refractivity contribution in [2.45, 2.75) is 38.8 Å². The molecule has 18 heavy (non-hydrogen) atoms. The number of rotatable bonds is 9. The van der Waals surface area contributed by atoms with Crippen molar-refractivity contribution < 1.29 is 13.3 Å². The zero-order chi connectivity index (χ0) is 13.4. The maximum atomic E-state index is 5.37. The van der Waals surface area contributed by atoms with Gasteiger partial charge in [-0.3, -0.25) is 0 Å². The molecule has 0 unspecified atom stereocenters. The molecule has 1 aromatic heterocycles. The van der Waals surface area contributed by atoms with Crippen molar-refractivity contribution in [3.05, 3.63) is 5.82 Å². The van der Waals surface area contributed by atoms with Crippen LogP contribution in [0.15, 0.2) is 0 Å². The third-order valence-electron chi connectivity index (χ3n) is 2.87. The fraction of sp³-hybridized carbons (Fsp3) is 0.900. The molecule has 104 valence electrons. The molecular formula is C10H22N4O3Si. The lowest BCUT2D eigenvalue weighted by Crippen LogP contribution is -2.42. The Morgan fingerprint density at radius 1 is 1.17 bits per heavy atom. The molecule has 0 radical (unpaired) electrons. The minimum atomic E-state index is -2.47. The molecule has 0 saturated heterocycles. The molecule has 8 heteroatoms. The van der Waals surface area contributed by atoms with E-state index in [2.05, 4.69) is 22.4 Å². The molecule has 0 saturated carbocycles. The van der Waals surface area contributed by atoms with Gasteiger partial charge in [-0.2, -0.15) is 0 Å². The maximum Gasteiger partial charge on any atom is 0.500 e. The molecule has 7 nitrogen and oxygen atoms in total. The first-order chi connectivity index (χ1) is 8.71. The van der Waals surface area contributed by atoms with E-state index in [0.717, 1.165) is 37.7 Å². The molecule has 1 aromatic rings. The smallest absolute Gasteiger partial charge is 0.377 e. The van der Waals surface area contributed by atoms with Gasteiger partial charge in [-0.15, -0.1) is 5.10 Å². The van der Waals surface area contributed by atoms with Crippen molar-refractivity contribution in [2.24, 2.45) is 0 Å². The highest BCUT2D eigenvalue weighted by atomic mass is 28.4. The predicted octanol–water partition coefficient (Wildman–Crippen LogP) is 0.894. The molecule has 0 aliphatic rings. The van der Waals surface area contributed by atoms with E-state index in [1.54, 1.807) is 21.3 Å². The highest BCUT2D eigenvalue weighted by Crippen LogP contribution is 2.15. The minimum absolute atomic E-state index is 0.752. The Balaban J connectivity index is 2.47. The highest BCUT2D eigenvalue weighted by Gasteiger charge is 2.36. The largest absolute Gasteiger partial charge is 0.500 e. The number of hydrogen-bond acceptors (Lipinski definition) is 6. The van der Waals surface area contributed by atoms with Gasteiger partial charge in [0, 0.05) is 40.3 Å². The van der Waals surface area contributed by atoms with Crippen LogP contribution < -0.4 is 0 Å². The van der Waals surface area contributed by atoms with Crippen LogP contribution in [-0.4, -0.2) is 50.3 Å². The molecular weight excluding hydrogens is 252 g/mol. The van der Waals surface area contributed by atoms with Gasteiger partial charge in [0.05, 0.1) is 0 Å². The summed E-state index contributed by atoms with van der Waals surface area (Å²) in [6, 6.07) is 0.752. The first-order valence-corrected chi connectivity index (χ1v) is 8.05. The van der Waals surface area contributed by atoms with E-state index in [1.165, 1.54) is 0 Å². The highest BCUT2D eigenvalue weighted by molar-refractivity contribution is 6.60. The third kappa shape index (κ3) is 3.84. The predicted molar refractivity (Wildman–Crippen MR) is 68.0 cm³/mol.